The minimum absolute atomic E-state index is 0.0651. The Kier molecular flexibility index (Phi) is 14.8. The maximum absolute atomic E-state index is 12.8. The van der Waals surface area contributed by atoms with Gasteiger partial charge >= 0.3 is 11.9 Å². The summed E-state index contributed by atoms with van der Waals surface area (Å²) in [6, 6.07) is 29.7. The van der Waals surface area contributed by atoms with E-state index in [0.29, 0.717) is 47.8 Å². The molecule has 4 aromatic carbocycles. The van der Waals surface area contributed by atoms with Crippen LogP contribution in [0, 0.1) is 23.7 Å². The van der Waals surface area contributed by atoms with Crippen molar-refractivity contribution in [2.24, 2.45) is 0 Å². The SMILES string of the molecule is C=C(C)C(=O)OCCCCOc1ccc(C(=O)Sc2ccc(C#Cc3ccc(C#Cc4ccc(OCCOC(=O)C(=C)C)cc4)cc3)cc2)cc1. The van der Waals surface area contributed by atoms with Crippen LogP contribution >= 0.6 is 11.8 Å². The molecule has 0 aromatic heterocycles. The molecule has 0 bridgehead atoms. The molecule has 0 N–H and O–H groups in total. The van der Waals surface area contributed by atoms with Gasteiger partial charge < -0.3 is 18.9 Å². The molecular formula is C43H38O7S. The van der Waals surface area contributed by atoms with E-state index in [2.05, 4.69) is 36.8 Å². The van der Waals surface area contributed by atoms with E-state index in [4.69, 9.17) is 18.9 Å². The van der Waals surface area contributed by atoms with Gasteiger partial charge in [-0.3, -0.25) is 4.79 Å². The summed E-state index contributed by atoms with van der Waals surface area (Å²) in [5.41, 5.74) is 4.73. The first-order valence-electron chi connectivity index (χ1n) is 16.2. The highest BCUT2D eigenvalue weighted by atomic mass is 32.2. The smallest absolute Gasteiger partial charge is 0.333 e. The fraction of sp³-hybridized carbons (Fsp3) is 0.186. The van der Waals surface area contributed by atoms with Gasteiger partial charge in [0.25, 0.3) is 0 Å². The maximum Gasteiger partial charge on any atom is 0.333 e. The normalized spacial score (nSPS) is 10.0. The number of hydrogen-bond acceptors (Lipinski definition) is 8. The van der Waals surface area contributed by atoms with E-state index in [9.17, 15) is 14.4 Å². The lowest BCUT2D eigenvalue weighted by Crippen LogP contribution is -2.12. The van der Waals surface area contributed by atoms with Gasteiger partial charge in [-0.15, -0.1) is 0 Å². The number of esters is 2. The van der Waals surface area contributed by atoms with Gasteiger partial charge in [-0.1, -0.05) is 36.8 Å². The number of rotatable bonds is 14. The standard InChI is InChI=1S/C43H38O7S/c1-31(2)41(44)49-28-6-5-27-47-39-23-19-37(20-24-39)43(46)51-40-25-17-36(18-26-40)14-12-34-9-7-33(8-10-34)11-13-35-15-21-38(22-16-35)48-29-30-50-42(45)32(3)4/h7-10,15-26H,1,3,5-6,27-30H2,2,4H3. The third-order valence-corrected chi connectivity index (χ3v) is 7.85. The van der Waals surface area contributed by atoms with Crippen molar-refractivity contribution in [1.29, 1.82) is 0 Å². The van der Waals surface area contributed by atoms with Crippen molar-refractivity contribution in [3.63, 3.8) is 0 Å². The topological polar surface area (TPSA) is 88.1 Å². The summed E-state index contributed by atoms with van der Waals surface area (Å²) in [4.78, 5) is 36.4. The Morgan fingerprint density at radius 2 is 0.922 bits per heavy atom. The summed E-state index contributed by atoms with van der Waals surface area (Å²) < 4.78 is 21.4. The lowest BCUT2D eigenvalue weighted by Gasteiger charge is -2.08. The molecule has 4 rings (SSSR count). The lowest BCUT2D eigenvalue weighted by molar-refractivity contribution is -0.140. The van der Waals surface area contributed by atoms with Gasteiger partial charge in [0.2, 0.25) is 5.12 Å². The molecule has 8 heteroatoms. The van der Waals surface area contributed by atoms with Gasteiger partial charge in [-0.05, 0) is 136 Å². The van der Waals surface area contributed by atoms with E-state index in [1.165, 1.54) is 0 Å². The van der Waals surface area contributed by atoms with Crippen molar-refractivity contribution in [3.05, 3.63) is 149 Å². The molecule has 0 aliphatic rings. The number of thioether (sulfide) groups is 1. The number of unbranched alkanes of at least 4 members (excludes halogenated alkanes) is 1. The van der Waals surface area contributed by atoms with Gasteiger partial charge in [-0.25, -0.2) is 9.59 Å². The molecule has 0 saturated carbocycles. The monoisotopic (exact) mass is 698 g/mol. The number of carbonyl (C=O) groups is 3. The van der Waals surface area contributed by atoms with E-state index in [1.807, 2.05) is 72.8 Å². The fourth-order valence-corrected chi connectivity index (χ4v) is 4.86. The molecule has 0 radical (unpaired) electrons. The molecule has 258 valence electrons. The first-order valence-corrected chi connectivity index (χ1v) is 17.1. The molecular weight excluding hydrogens is 661 g/mol. The molecule has 0 saturated heterocycles. The van der Waals surface area contributed by atoms with Gasteiger partial charge in [0, 0.05) is 43.9 Å². The van der Waals surface area contributed by atoms with Crippen molar-refractivity contribution in [2.45, 2.75) is 31.6 Å². The Morgan fingerprint density at radius 3 is 1.41 bits per heavy atom. The molecule has 51 heavy (non-hydrogen) atoms. The van der Waals surface area contributed by atoms with Crippen molar-refractivity contribution in [3.8, 4) is 35.2 Å². The molecule has 0 unspecified atom stereocenters. The van der Waals surface area contributed by atoms with Gasteiger partial charge in [0.15, 0.2) is 0 Å². The predicted molar refractivity (Wildman–Crippen MR) is 200 cm³/mol. The zero-order valence-electron chi connectivity index (χ0n) is 28.7. The van der Waals surface area contributed by atoms with Crippen LogP contribution in [-0.2, 0) is 19.1 Å². The summed E-state index contributed by atoms with van der Waals surface area (Å²) in [6.45, 7) is 11.5. The second-order valence-corrected chi connectivity index (χ2v) is 12.3. The number of hydrogen-bond donors (Lipinski definition) is 0. The second-order valence-electron chi connectivity index (χ2n) is 11.3. The molecule has 0 aliphatic heterocycles. The molecule has 0 amide bonds. The van der Waals surface area contributed by atoms with Crippen molar-refractivity contribution < 1.29 is 33.3 Å². The Labute approximate surface area is 303 Å². The summed E-state index contributed by atoms with van der Waals surface area (Å²) in [5.74, 6) is 13.2. The van der Waals surface area contributed by atoms with Gasteiger partial charge in [0.1, 0.15) is 24.7 Å². The van der Waals surface area contributed by atoms with Crippen molar-refractivity contribution in [2.75, 3.05) is 26.4 Å². The summed E-state index contributed by atoms with van der Waals surface area (Å²) in [6.07, 6.45) is 1.43. The minimum Gasteiger partial charge on any atom is -0.494 e. The van der Waals surface area contributed by atoms with Crippen LogP contribution in [0.4, 0.5) is 0 Å². The number of benzene rings is 4. The van der Waals surface area contributed by atoms with E-state index in [-0.39, 0.29) is 24.3 Å². The molecule has 4 aromatic rings. The fourth-order valence-electron chi connectivity index (χ4n) is 4.12. The van der Waals surface area contributed by atoms with Crippen LogP contribution in [0.3, 0.4) is 0 Å². The van der Waals surface area contributed by atoms with Crippen LogP contribution in [0.15, 0.2) is 126 Å². The first kappa shape index (κ1) is 37.9. The highest BCUT2D eigenvalue weighted by Gasteiger charge is 2.09. The molecule has 0 spiro atoms. The minimum atomic E-state index is -0.431. The summed E-state index contributed by atoms with van der Waals surface area (Å²) in [5, 5.41) is -0.0651. The Bertz CT molecular complexity index is 1950. The molecule has 0 heterocycles. The van der Waals surface area contributed by atoms with E-state index in [1.54, 1.807) is 38.1 Å². The Hall–Kier alpha value is -5.96. The van der Waals surface area contributed by atoms with Crippen LogP contribution in [0.25, 0.3) is 0 Å². The van der Waals surface area contributed by atoms with Crippen LogP contribution in [-0.4, -0.2) is 43.5 Å². The molecule has 0 fully saturated rings. The molecule has 0 atom stereocenters. The average molecular weight is 699 g/mol. The van der Waals surface area contributed by atoms with Crippen molar-refractivity contribution in [1.82, 2.24) is 0 Å². The Morgan fingerprint density at radius 1 is 0.529 bits per heavy atom. The van der Waals surface area contributed by atoms with E-state index < -0.39 is 5.97 Å². The third kappa shape index (κ3) is 13.5. The Balaban J connectivity index is 1.19. The first-order chi connectivity index (χ1) is 24.7. The average Bonchev–Trinajstić information content (AvgIpc) is 3.14. The highest BCUT2D eigenvalue weighted by Crippen LogP contribution is 2.24. The summed E-state index contributed by atoms with van der Waals surface area (Å²) >= 11 is 1.16. The second kappa shape index (κ2) is 19.9. The largest absolute Gasteiger partial charge is 0.494 e. The van der Waals surface area contributed by atoms with Crippen LogP contribution in [0.5, 0.6) is 11.5 Å². The maximum atomic E-state index is 12.8. The lowest BCUT2D eigenvalue weighted by atomic mass is 10.1. The number of carbonyl (C=O) groups excluding carboxylic acids is 3. The van der Waals surface area contributed by atoms with Crippen molar-refractivity contribution >= 4 is 28.8 Å². The third-order valence-electron chi connectivity index (χ3n) is 6.92. The van der Waals surface area contributed by atoms with E-state index >= 15 is 0 Å². The zero-order valence-corrected chi connectivity index (χ0v) is 29.5. The summed E-state index contributed by atoms with van der Waals surface area (Å²) in [7, 11) is 0. The van der Waals surface area contributed by atoms with Crippen LogP contribution in [0.1, 0.15) is 59.3 Å². The van der Waals surface area contributed by atoms with E-state index in [0.717, 1.165) is 45.3 Å². The van der Waals surface area contributed by atoms with Gasteiger partial charge in [-0.2, -0.15) is 0 Å². The molecule has 0 aliphatic carbocycles. The van der Waals surface area contributed by atoms with Gasteiger partial charge in [0.05, 0.1) is 13.2 Å². The number of ether oxygens (including phenoxy) is 4. The predicted octanol–water partition coefficient (Wildman–Crippen LogP) is 8.20. The van der Waals surface area contributed by atoms with Crippen LogP contribution < -0.4 is 9.47 Å². The quantitative estimate of drug-likeness (QED) is 0.0429. The highest BCUT2D eigenvalue weighted by molar-refractivity contribution is 8.14. The molecule has 7 nitrogen and oxygen atoms in total. The zero-order chi connectivity index (χ0) is 36.4. The van der Waals surface area contributed by atoms with Crippen LogP contribution in [0.2, 0.25) is 0 Å².